The number of rotatable bonds is 2. The summed E-state index contributed by atoms with van der Waals surface area (Å²) < 4.78 is 4.69. The maximum absolute atomic E-state index is 4.69. The Labute approximate surface area is 78.5 Å². The molecule has 1 fully saturated rings. The fourth-order valence-electron chi connectivity index (χ4n) is 1.26. The minimum Gasteiger partial charge on any atom is -0.385 e. The van der Waals surface area contributed by atoms with Crippen molar-refractivity contribution in [3.8, 4) is 0 Å². The van der Waals surface area contributed by atoms with Crippen LogP contribution in [0.5, 0.6) is 0 Å². The molecular weight excluding hydrogens is 148 g/mol. The van der Waals surface area contributed by atoms with Crippen molar-refractivity contribution in [2.75, 3.05) is 13.7 Å². The first-order valence-corrected chi connectivity index (χ1v) is 4.90. The lowest BCUT2D eigenvalue weighted by Gasteiger charge is -2.05. The van der Waals surface area contributed by atoms with Gasteiger partial charge in [-0.3, -0.25) is 0 Å². The molecule has 0 aromatic carbocycles. The molecule has 1 heteroatoms. The van der Waals surface area contributed by atoms with E-state index >= 15 is 0 Å². The average Bonchev–Trinajstić information content (AvgIpc) is 2.10. The van der Waals surface area contributed by atoms with Crippen molar-refractivity contribution in [2.24, 2.45) is 0 Å². The SMILES string of the molecule is C.C1CCCCC1.CCCOC. The van der Waals surface area contributed by atoms with Gasteiger partial charge in [0.1, 0.15) is 0 Å². The number of ether oxygens (including phenoxy) is 1. The van der Waals surface area contributed by atoms with Gasteiger partial charge in [0.15, 0.2) is 0 Å². The fourth-order valence-corrected chi connectivity index (χ4v) is 1.26. The summed E-state index contributed by atoms with van der Waals surface area (Å²) in [4.78, 5) is 0. The lowest BCUT2D eigenvalue weighted by atomic mass is 10.0. The molecule has 1 aliphatic rings. The third kappa shape index (κ3) is 12.6. The third-order valence-electron chi connectivity index (χ3n) is 1.91. The molecule has 0 heterocycles. The first-order chi connectivity index (χ1) is 5.41. The van der Waals surface area contributed by atoms with Gasteiger partial charge in [-0.25, -0.2) is 0 Å². The fraction of sp³-hybridized carbons (Fsp3) is 1.00. The lowest BCUT2D eigenvalue weighted by molar-refractivity contribution is 0.199. The van der Waals surface area contributed by atoms with Crippen LogP contribution in [0.3, 0.4) is 0 Å². The smallest absolute Gasteiger partial charge is 0.0459 e. The number of methoxy groups -OCH3 is 1. The van der Waals surface area contributed by atoms with E-state index in [1.165, 1.54) is 38.5 Å². The van der Waals surface area contributed by atoms with E-state index in [-0.39, 0.29) is 7.43 Å². The van der Waals surface area contributed by atoms with Gasteiger partial charge in [-0.15, -0.1) is 0 Å². The van der Waals surface area contributed by atoms with Gasteiger partial charge in [0.2, 0.25) is 0 Å². The van der Waals surface area contributed by atoms with E-state index in [1.807, 2.05) is 0 Å². The normalized spacial score (nSPS) is 15.5. The van der Waals surface area contributed by atoms with E-state index in [2.05, 4.69) is 6.92 Å². The molecule has 1 nitrogen and oxygen atoms in total. The van der Waals surface area contributed by atoms with E-state index in [0.717, 1.165) is 13.0 Å². The van der Waals surface area contributed by atoms with Gasteiger partial charge >= 0.3 is 0 Å². The summed E-state index contributed by atoms with van der Waals surface area (Å²) in [5, 5.41) is 0. The molecule has 0 aromatic rings. The molecule has 0 amide bonds. The van der Waals surface area contributed by atoms with Crippen LogP contribution in [0, 0.1) is 0 Å². The lowest BCUT2D eigenvalue weighted by Crippen LogP contribution is -1.85. The quantitative estimate of drug-likeness (QED) is 0.614. The minimum atomic E-state index is 0. The van der Waals surface area contributed by atoms with E-state index in [4.69, 9.17) is 4.74 Å². The Kier molecular flexibility index (Phi) is 16.3. The summed E-state index contributed by atoms with van der Waals surface area (Å²) in [5.41, 5.74) is 0. The standard InChI is InChI=1S/C6H12.C4H10O.CH4/c1-2-4-6-5-3-1;1-3-4-5-2;/h1-6H2;3-4H2,1-2H3;1H4. The maximum atomic E-state index is 4.69. The molecule has 1 saturated carbocycles. The molecule has 0 N–H and O–H groups in total. The van der Waals surface area contributed by atoms with Gasteiger partial charge in [-0.1, -0.05) is 52.9 Å². The average molecular weight is 174 g/mol. The van der Waals surface area contributed by atoms with Crippen molar-refractivity contribution in [2.45, 2.75) is 59.3 Å². The summed E-state index contributed by atoms with van der Waals surface area (Å²) in [6.45, 7) is 2.98. The zero-order valence-electron chi connectivity index (χ0n) is 8.07. The Morgan fingerprint density at radius 2 is 1.25 bits per heavy atom. The molecule has 0 bridgehead atoms. The van der Waals surface area contributed by atoms with Crippen LogP contribution in [0.1, 0.15) is 59.3 Å². The molecule has 0 spiro atoms. The van der Waals surface area contributed by atoms with Crippen LogP contribution in [0.4, 0.5) is 0 Å². The van der Waals surface area contributed by atoms with Crippen molar-refractivity contribution >= 4 is 0 Å². The molecule has 0 unspecified atom stereocenters. The van der Waals surface area contributed by atoms with Gasteiger partial charge < -0.3 is 4.74 Å². The summed E-state index contributed by atoms with van der Waals surface area (Å²) >= 11 is 0. The van der Waals surface area contributed by atoms with E-state index in [9.17, 15) is 0 Å². The van der Waals surface area contributed by atoms with Crippen molar-refractivity contribution in [3.63, 3.8) is 0 Å². The molecule has 0 radical (unpaired) electrons. The van der Waals surface area contributed by atoms with E-state index in [1.54, 1.807) is 7.11 Å². The Hall–Kier alpha value is -0.0400. The highest BCUT2D eigenvalue weighted by atomic mass is 16.5. The molecule has 0 saturated heterocycles. The molecule has 0 aromatic heterocycles. The minimum absolute atomic E-state index is 0. The van der Waals surface area contributed by atoms with Crippen LogP contribution < -0.4 is 0 Å². The Bertz CT molecular complexity index is 44.5. The van der Waals surface area contributed by atoms with Crippen LogP contribution >= 0.6 is 0 Å². The molecule has 1 rings (SSSR count). The summed E-state index contributed by atoms with van der Waals surface area (Å²) in [5.74, 6) is 0. The first-order valence-electron chi connectivity index (χ1n) is 4.90. The zero-order chi connectivity index (χ0) is 8.36. The van der Waals surface area contributed by atoms with Crippen LogP contribution in [0.15, 0.2) is 0 Å². The maximum Gasteiger partial charge on any atom is 0.0459 e. The van der Waals surface area contributed by atoms with Crippen molar-refractivity contribution in [1.82, 2.24) is 0 Å². The Balaban J connectivity index is 0. The highest BCUT2D eigenvalue weighted by Crippen LogP contribution is 2.15. The van der Waals surface area contributed by atoms with Gasteiger partial charge in [0.05, 0.1) is 0 Å². The summed E-state index contributed by atoms with van der Waals surface area (Å²) in [6.07, 6.45) is 10.1. The van der Waals surface area contributed by atoms with Gasteiger partial charge in [0, 0.05) is 13.7 Å². The second-order valence-electron chi connectivity index (χ2n) is 3.11. The van der Waals surface area contributed by atoms with Gasteiger partial charge in [-0.05, 0) is 6.42 Å². The van der Waals surface area contributed by atoms with Gasteiger partial charge in [-0.2, -0.15) is 0 Å². The zero-order valence-corrected chi connectivity index (χ0v) is 8.07. The Morgan fingerprint density at radius 1 is 0.917 bits per heavy atom. The predicted octanol–water partition coefficient (Wildman–Crippen LogP) is 4.02. The molecule has 12 heavy (non-hydrogen) atoms. The van der Waals surface area contributed by atoms with Crippen LogP contribution in [0.2, 0.25) is 0 Å². The molecule has 1 aliphatic carbocycles. The topological polar surface area (TPSA) is 9.23 Å². The van der Waals surface area contributed by atoms with Crippen LogP contribution in [-0.4, -0.2) is 13.7 Å². The number of hydrogen-bond donors (Lipinski definition) is 0. The second-order valence-corrected chi connectivity index (χ2v) is 3.11. The molecule has 76 valence electrons. The predicted molar refractivity (Wildman–Crippen MR) is 56.6 cm³/mol. The highest BCUT2D eigenvalue weighted by Gasteiger charge is 1.95. The van der Waals surface area contributed by atoms with Crippen molar-refractivity contribution in [1.29, 1.82) is 0 Å². The first kappa shape index (κ1) is 14.5. The van der Waals surface area contributed by atoms with Gasteiger partial charge in [0.25, 0.3) is 0 Å². The summed E-state index contributed by atoms with van der Waals surface area (Å²) in [7, 11) is 1.71. The van der Waals surface area contributed by atoms with Crippen LogP contribution in [0.25, 0.3) is 0 Å². The van der Waals surface area contributed by atoms with E-state index in [0.29, 0.717) is 0 Å². The second kappa shape index (κ2) is 13.5. The van der Waals surface area contributed by atoms with Crippen molar-refractivity contribution < 1.29 is 4.74 Å². The Morgan fingerprint density at radius 3 is 1.33 bits per heavy atom. The van der Waals surface area contributed by atoms with E-state index < -0.39 is 0 Å². The van der Waals surface area contributed by atoms with Crippen LogP contribution in [-0.2, 0) is 4.74 Å². The molecular formula is C11H26O. The molecule has 0 atom stereocenters. The number of hydrogen-bond acceptors (Lipinski definition) is 1. The molecule has 0 aliphatic heterocycles. The largest absolute Gasteiger partial charge is 0.385 e. The summed E-state index contributed by atoms with van der Waals surface area (Å²) in [6, 6.07) is 0. The monoisotopic (exact) mass is 174 g/mol. The highest BCUT2D eigenvalue weighted by molar-refractivity contribution is 4.51. The van der Waals surface area contributed by atoms with Crippen molar-refractivity contribution in [3.05, 3.63) is 0 Å². The third-order valence-corrected chi connectivity index (χ3v) is 1.91.